The quantitative estimate of drug-likeness (QED) is 0.580. The summed E-state index contributed by atoms with van der Waals surface area (Å²) in [4.78, 5) is 9.73. The van der Waals surface area contributed by atoms with Gasteiger partial charge in [0.05, 0.1) is 11.4 Å². The number of rotatable bonds is 1. The van der Waals surface area contributed by atoms with Gasteiger partial charge in [-0.05, 0) is 18.2 Å². The first-order valence-corrected chi connectivity index (χ1v) is 9.02. The van der Waals surface area contributed by atoms with E-state index in [2.05, 4.69) is 91.8 Å². The molecule has 1 aromatic rings. The van der Waals surface area contributed by atoms with Crippen molar-refractivity contribution >= 4 is 5.71 Å². The first-order chi connectivity index (χ1) is 11.1. The number of hydrogen-bond donors (Lipinski definition) is 0. The van der Waals surface area contributed by atoms with Gasteiger partial charge in [0.2, 0.25) is 0 Å². The number of nitrogens with zero attached hydrogens (tertiary/aromatic N) is 2. The van der Waals surface area contributed by atoms with E-state index in [1.165, 1.54) is 6.42 Å². The van der Waals surface area contributed by atoms with Crippen LogP contribution in [0.25, 0.3) is 0 Å². The van der Waals surface area contributed by atoms with Crippen molar-refractivity contribution in [2.75, 3.05) is 0 Å². The molecule has 2 heterocycles. The van der Waals surface area contributed by atoms with Crippen LogP contribution in [0.4, 0.5) is 0 Å². The van der Waals surface area contributed by atoms with Gasteiger partial charge >= 0.3 is 0 Å². The first kappa shape index (κ1) is 20.3. The lowest BCUT2D eigenvalue weighted by atomic mass is 9.91. The monoisotopic (exact) mass is 326 g/mol. The number of pyridine rings is 1. The molecule has 24 heavy (non-hydrogen) atoms. The zero-order valence-corrected chi connectivity index (χ0v) is 16.8. The van der Waals surface area contributed by atoms with E-state index in [-0.39, 0.29) is 10.8 Å². The number of allylic oxidation sites excluding steroid dienone is 4. The van der Waals surface area contributed by atoms with Crippen LogP contribution in [0.1, 0.15) is 79.6 Å². The standard InChI is InChI=1S/C19H26N2.C3H8/c1-18(2,3)16-12-8-7-10-14(20-16)15-11-9-13-17(21-15)19(4,5)6;1-3-2/h7-9,11-13H,10H2,1-6H3;3H2,1-2H3. The second kappa shape index (κ2) is 8.41. The summed E-state index contributed by atoms with van der Waals surface area (Å²) in [5.74, 6) is 0. The Bertz CT molecular complexity index is 620. The van der Waals surface area contributed by atoms with Crippen molar-refractivity contribution in [3.05, 3.63) is 53.5 Å². The van der Waals surface area contributed by atoms with Crippen LogP contribution in [0.5, 0.6) is 0 Å². The summed E-state index contributed by atoms with van der Waals surface area (Å²) >= 11 is 0. The molecule has 2 nitrogen and oxygen atoms in total. The molecule has 2 heteroatoms. The Morgan fingerprint density at radius 1 is 0.958 bits per heavy atom. The molecule has 1 aliphatic rings. The van der Waals surface area contributed by atoms with Crippen LogP contribution >= 0.6 is 0 Å². The Labute approximate surface area is 148 Å². The Morgan fingerprint density at radius 2 is 1.58 bits per heavy atom. The highest BCUT2D eigenvalue weighted by Gasteiger charge is 2.20. The maximum absolute atomic E-state index is 4.89. The van der Waals surface area contributed by atoms with Gasteiger partial charge in [0.15, 0.2) is 0 Å². The van der Waals surface area contributed by atoms with Gasteiger partial charge in [-0.25, -0.2) is 0 Å². The molecule has 1 aliphatic heterocycles. The molecule has 0 N–H and O–H groups in total. The van der Waals surface area contributed by atoms with Crippen molar-refractivity contribution in [2.24, 2.45) is 10.4 Å². The summed E-state index contributed by atoms with van der Waals surface area (Å²) < 4.78 is 0. The van der Waals surface area contributed by atoms with Crippen LogP contribution in [0.3, 0.4) is 0 Å². The molecule has 0 saturated carbocycles. The van der Waals surface area contributed by atoms with Crippen LogP contribution in [-0.4, -0.2) is 10.7 Å². The Kier molecular flexibility index (Phi) is 7.13. The minimum atomic E-state index is 0.0432. The van der Waals surface area contributed by atoms with Gasteiger partial charge in [-0.2, -0.15) is 0 Å². The lowest BCUT2D eigenvalue weighted by Gasteiger charge is -2.20. The van der Waals surface area contributed by atoms with E-state index >= 15 is 0 Å². The molecule has 0 amide bonds. The van der Waals surface area contributed by atoms with Gasteiger partial charge in [-0.3, -0.25) is 9.98 Å². The maximum atomic E-state index is 4.89. The van der Waals surface area contributed by atoms with E-state index in [9.17, 15) is 0 Å². The van der Waals surface area contributed by atoms with Crippen molar-refractivity contribution in [3.63, 3.8) is 0 Å². The zero-order chi connectivity index (χ0) is 18.4. The van der Waals surface area contributed by atoms with Gasteiger partial charge in [0, 0.05) is 28.6 Å². The van der Waals surface area contributed by atoms with Gasteiger partial charge < -0.3 is 0 Å². The molecule has 1 aromatic heterocycles. The molecule has 2 rings (SSSR count). The largest absolute Gasteiger partial charge is 0.255 e. The topological polar surface area (TPSA) is 25.2 Å². The van der Waals surface area contributed by atoms with Crippen molar-refractivity contribution < 1.29 is 0 Å². The summed E-state index contributed by atoms with van der Waals surface area (Å²) in [5.41, 5.74) is 4.35. The van der Waals surface area contributed by atoms with Gasteiger partial charge in [0.1, 0.15) is 0 Å². The SMILES string of the molecule is CC(C)(C)C1=CC=CCC(c2cccc(C(C)(C)C)n2)=N1.CCC. The minimum absolute atomic E-state index is 0.0432. The fraction of sp³-hybridized carbons (Fsp3) is 0.545. The predicted octanol–water partition coefficient (Wildman–Crippen LogP) is 6.47. The molecule has 0 radical (unpaired) electrons. The average Bonchev–Trinajstić information content (AvgIpc) is 2.73. The fourth-order valence-electron chi connectivity index (χ4n) is 2.16. The summed E-state index contributed by atoms with van der Waals surface area (Å²) in [6.07, 6.45) is 8.45. The normalized spacial score (nSPS) is 15.0. The molecule has 0 aromatic carbocycles. The summed E-state index contributed by atoms with van der Waals surface area (Å²) in [6.45, 7) is 17.4. The highest BCUT2D eigenvalue weighted by Crippen LogP contribution is 2.29. The van der Waals surface area contributed by atoms with E-state index in [4.69, 9.17) is 9.98 Å². The molecule has 0 saturated heterocycles. The van der Waals surface area contributed by atoms with E-state index < -0.39 is 0 Å². The van der Waals surface area contributed by atoms with Crippen LogP contribution < -0.4 is 0 Å². The molecular formula is C22H34N2. The van der Waals surface area contributed by atoms with Gasteiger partial charge in [0.25, 0.3) is 0 Å². The second-order valence-corrected chi connectivity index (χ2v) is 8.36. The third-order valence-corrected chi connectivity index (χ3v) is 3.54. The van der Waals surface area contributed by atoms with Crippen molar-refractivity contribution in [1.82, 2.24) is 4.98 Å². The number of aliphatic imine (C=N–C) groups is 1. The summed E-state index contributed by atoms with van der Waals surface area (Å²) in [7, 11) is 0. The first-order valence-electron chi connectivity index (χ1n) is 9.02. The number of aromatic nitrogens is 1. The molecular weight excluding hydrogens is 292 g/mol. The highest BCUT2D eigenvalue weighted by atomic mass is 14.8. The Balaban J connectivity index is 0.000000891. The average molecular weight is 327 g/mol. The van der Waals surface area contributed by atoms with E-state index in [1.807, 2.05) is 0 Å². The van der Waals surface area contributed by atoms with Crippen molar-refractivity contribution in [1.29, 1.82) is 0 Å². The van der Waals surface area contributed by atoms with Crippen LogP contribution in [-0.2, 0) is 5.41 Å². The minimum Gasteiger partial charge on any atom is -0.255 e. The molecule has 0 unspecified atom stereocenters. The maximum Gasteiger partial charge on any atom is 0.0851 e. The van der Waals surface area contributed by atoms with Crippen LogP contribution in [0, 0.1) is 5.41 Å². The molecule has 0 aliphatic carbocycles. The molecule has 0 bridgehead atoms. The Morgan fingerprint density at radius 3 is 2.12 bits per heavy atom. The lowest BCUT2D eigenvalue weighted by molar-refractivity contribution is 0.498. The third kappa shape index (κ3) is 6.07. The zero-order valence-electron chi connectivity index (χ0n) is 16.8. The predicted molar refractivity (Wildman–Crippen MR) is 107 cm³/mol. The molecule has 0 fully saturated rings. The van der Waals surface area contributed by atoms with Crippen molar-refractivity contribution in [2.45, 2.75) is 73.6 Å². The Hall–Kier alpha value is -1.70. The van der Waals surface area contributed by atoms with E-state index in [0.717, 1.165) is 29.2 Å². The lowest BCUT2D eigenvalue weighted by Crippen LogP contribution is -2.16. The smallest absolute Gasteiger partial charge is 0.0851 e. The highest BCUT2D eigenvalue weighted by molar-refractivity contribution is 6.00. The molecule has 0 spiro atoms. The van der Waals surface area contributed by atoms with Crippen molar-refractivity contribution in [3.8, 4) is 0 Å². The summed E-state index contributed by atoms with van der Waals surface area (Å²) in [6, 6.07) is 6.24. The number of hydrogen-bond acceptors (Lipinski definition) is 2. The molecule has 0 atom stereocenters. The molecule has 132 valence electrons. The van der Waals surface area contributed by atoms with Crippen LogP contribution in [0.2, 0.25) is 0 Å². The summed E-state index contributed by atoms with van der Waals surface area (Å²) in [5, 5.41) is 0. The van der Waals surface area contributed by atoms with Gasteiger partial charge in [-0.1, -0.05) is 80.0 Å². The van der Waals surface area contributed by atoms with Gasteiger partial charge in [-0.15, -0.1) is 0 Å². The van der Waals surface area contributed by atoms with E-state index in [1.54, 1.807) is 0 Å². The second-order valence-electron chi connectivity index (χ2n) is 8.36. The van der Waals surface area contributed by atoms with E-state index in [0.29, 0.717) is 0 Å². The fourth-order valence-corrected chi connectivity index (χ4v) is 2.16. The van der Waals surface area contributed by atoms with Crippen LogP contribution in [0.15, 0.2) is 47.1 Å². The third-order valence-electron chi connectivity index (χ3n) is 3.54.